The predicted molar refractivity (Wildman–Crippen MR) is 128 cm³/mol. The first-order chi connectivity index (χ1) is 15.0. The SMILES string of the molecule is CC(/C=C/c1ccccc1)C12O[C@H]3[C@@H](O)C=C[C@H]4[C@H]5CC(=C1[C@]43CCN5C)C=C[C@@H]2S. The van der Waals surface area contributed by atoms with Crippen LogP contribution >= 0.6 is 12.6 Å². The summed E-state index contributed by atoms with van der Waals surface area (Å²) in [6, 6.07) is 10.9. The number of thiol groups is 1. The average Bonchev–Trinajstić information content (AvgIpc) is 3.11. The number of benzene rings is 1. The molecule has 1 aromatic carbocycles. The molecule has 8 atom stereocenters. The number of aliphatic hydroxyl groups is 1. The zero-order chi connectivity index (χ0) is 21.4. The Morgan fingerprint density at radius 3 is 2.84 bits per heavy atom. The van der Waals surface area contributed by atoms with Crippen molar-refractivity contribution in [1.82, 2.24) is 4.90 Å². The molecule has 2 aliphatic heterocycles. The van der Waals surface area contributed by atoms with E-state index in [2.05, 4.69) is 73.5 Å². The van der Waals surface area contributed by atoms with Gasteiger partial charge in [-0.2, -0.15) is 12.6 Å². The number of piperidine rings is 1. The Balaban J connectivity index is 1.51. The van der Waals surface area contributed by atoms with Crippen LogP contribution in [0.4, 0.5) is 0 Å². The van der Waals surface area contributed by atoms with E-state index in [-0.39, 0.29) is 22.7 Å². The molecule has 2 unspecified atom stereocenters. The van der Waals surface area contributed by atoms with Crippen molar-refractivity contribution in [2.24, 2.45) is 17.3 Å². The average molecular weight is 434 g/mol. The molecular weight excluding hydrogens is 402 g/mol. The molecule has 3 aliphatic carbocycles. The van der Waals surface area contributed by atoms with Crippen LogP contribution in [0, 0.1) is 17.3 Å². The zero-order valence-electron chi connectivity index (χ0n) is 18.2. The third-order valence-corrected chi connectivity index (χ3v) is 9.24. The summed E-state index contributed by atoms with van der Waals surface area (Å²) in [5.74, 6) is 0.520. The minimum atomic E-state index is -0.569. The monoisotopic (exact) mass is 433 g/mol. The summed E-state index contributed by atoms with van der Waals surface area (Å²) in [7, 11) is 2.25. The maximum Gasteiger partial charge on any atom is 0.112 e. The molecule has 31 heavy (non-hydrogen) atoms. The van der Waals surface area contributed by atoms with Crippen molar-refractivity contribution in [2.45, 2.75) is 48.9 Å². The Kier molecular flexibility index (Phi) is 4.50. The highest BCUT2D eigenvalue weighted by Gasteiger charge is 2.71. The van der Waals surface area contributed by atoms with Gasteiger partial charge in [0.2, 0.25) is 0 Å². The molecule has 162 valence electrons. The van der Waals surface area contributed by atoms with Gasteiger partial charge in [-0.3, -0.25) is 0 Å². The minimum absolute atomic E-state index is 0.0364. The van der Waals surface area contributed by atoms with Gasteiger partial charge < -0.3 is 14.7 Å². The fourth-order valence-corrected chi connectivity index (χ4v) is 7.78. The lowest BCUT2D eigenvalue weighted by atomic mass is 9.49. The third kappa shape index (κ3) is 2.54. The van der Waals surface area contributed by atoms with Gasteiger partial charge >= 0.3 is 0 Å². The molecule has 1 aromatic rings. The lowest BCUT2D eigenvalue weighted by Gasteiger charge is -2.58. The van der Waals surface area contributed by atoms with Gasteiger partial charge in [0.25, 0.3) is 0 Å². The topological polar surface area (TPSA) is 32.7 Å². The van der Waals surface area contributed by atoms with E-state index in [4.69, 9.17) is 17.4 Å². The van der Waals surface area contributed by atoms with Crippen LogP contribution in [0.25, 0.3) is 6.08 Å². The third-order valence-electron chi connectivity index (χ3n) is 8.69. The van der Waals surface area contributed by atoms with Crippen LogP contribution in [-0.4, -0.2) is 52.7 Å². The fraction of sp³-hybridized carbons (Fsp3) is 0.481. The highest BCUT2D eigenvalue weighted by Crippen LogP contribution is 2.68. The molecule has 1 N–H and O–H groups in total. The summed E-state index contributed by atoms with van der Waals surface area (Å²) in [6.07, 6.45) is 14.6. The first-order valence-corrected chi connectivity index (χ1v) is 12.1. The number of rotatable bonds is 3. The Hall–Kier alpha value is -1.59. The number of ether oxygens (including phenoxy) is 1. The van der Waals surface area contributed by atoms with Crippen LogP contribution < -0.4 is 0 Å². The predicted octanol–water partition coefficient (Wildman–Crippen LogP) is 4.28. The van der Waals surface area contributed by atoms with E-state index >= 15 is 0 Å². The highest BCUT2D eigenvalue weighted by molar-refractivity contribution is 7.81. The summed E-state index contributed by atoms with van der Waals surface area (Å²) in [6.45, 7) is 3.31. The molecule has 5 aliphatic rings. The minimum Gasteiger partial charge on any atom is -0.386 e. The summed E-state index contributed by atoms with van der Waals surface area (Å²) >= 11 is 5.09. The molecule has 6 rings (SSSR count). The second kappa shape index (κ2) is 6.95. The standard InChI is InChI=1S/C27H31NO2S/c1-17(8-9-18-6-4-3-5-7-18)27-23(31)13-10-19-16-21-20-11-12-22(29)25(30-27)26(20,24(19)27)14-15-28(21)2/h3-13,17,20-23,25,29,31H,14-16H2,1-2H3/b9-8+/t17?,20-,21+,22-,23-,25-,26-,27?/m0/s1. The molecule has 2 heterocycles. The van der Waals surface area contributed by atoms with Gasteiger partial charge in [-0.05, 0) is 43.1 Å². The lowest BCUT2D eigenvalue weighted by Crippen LogP contribution is -2.62. The molecular formula is C27H31NO2S. The number of hydrogen-bond acceptors (Lipinski definition) is 4. The molecule has 0 amide bonds. The van der Waals surface area contributed by atoms with Gasteiger partial charge in [0.15, 0.2) is 0 Å². The number of likely N-dealkylation sites (tertiary alicyclic amines) is 1. The van der Waals surface area contributed by atoms with E-state index in [1.165, 1.54) is 16.7 Å². The Morgan fingerprint density at radius 2 is 2.03 bits per heavy atom. The smallest absolute Gasteiger partial charge is 0.112 e. The highest BCUT2D eigenvalue weighted by atomic mass is 32.1. The Morgan fingerprint density at radius 1 is 1.23 bits per heavy atom. The number of aliphatic hydroxyl groups excluding tert-OH is 1. The molecule has 2 fully saturated rings. The van der Waals surface area contributed by atoms with Crippen molar-refractivity contribution in [3.63, 3.8) is 0 Å². The maximum atomic E-state index is 11.1. The van der Waals surface area contributed by atoms with E-state index in [1.54, 1.807) is 0 Å². The Bertz CT molecular complexity index is 1010. The first kappa shape index (κ1) is 20.0. The van der Waals surface area contributed by atoms with Crippen LogP contribution in [0.2, 0.25) is 0 Å². The molecule has 2 saturated heterocycles. The summed E-state index contributed by atoms with van der Waals surface area (Å²) < 4.78 is 7.07. The van der Waals surface area contributed by atoms with Gasteiger partial charge in [-0.15, -0.1) is 0 Å². The van der Waals surface area contributed by atoms with Gasteiger partial charge in [-0.1, -0.05) is 73.7 Å². The largest absolute Gasteiger partial charge is 0.386 e. The van der Waals surface area contributed by atoms with E-state index < -0.39 is 11.7 Å². The van der Waals surface area contributed by atoms with Crippen LogP contribution in [0.15, 0.2) is 71.9 Å². The van der Waals surface area contributed by atoms with E-state index in [0.717, 1.165) is 19.4 Å². The quantitative estimate of drug-likeness (QED) is 0.551. The van der Waals surface area contributed by atoms with Crippen molar-refractivity contribution < 1.29 is 9.84 Å². The van der Waals surface area contributed by atoms with Crippen molar-refractivity contribution in [3.8, 4) is 0 Å². The van der Waals surface area contributed by atoms with Crippen LogP contribution in [0.5, 0.6) is 0 Å². The van der Waals surface area contributed by atoms with Gasteiger partial charge in [0, 0.05) is 23.3 Å². The number of hydrogen-bond donors (Lipinski definition) is 2. The maximum absolute atomic E-state index is 11.1. The van der Waals surface area contributed by atoms with E-state index in [0.29, 0.717) is 12.0 Å². The number of allylic oxidation sites excluding steroid dienone is 1. The Labute approximate surface area is 190 Å². The van der Waals surface area contributed by atoms with Gasteiger partial charge in [-0.25, -0.2) is 0 Å². The second-order valence-electron chi connectivity index (χ2n) is 10.0. The molecule has 1 spiro atoms. The van der Waals surface area contributed by atoms with Crippen molar-refractivity contribution in [3.05, 3.63) is 77.4 Å². The summed E-state index contributed by atoms with van der Waals surface area (Å²) in [4.78, 5) is 2.51. The van der Waals surface area contributed by atoms with Crippen molar-refractivity contribution in [2.75, 3.05) is 13.6 Å². The van der Waals surface area contributed by atoms with E-state index in [1.807, 2.05) is 12.1 Å². The molecule has 2 bridgehead atoms. The second-order valence-corrected chi connectivity index (χ2v) is 10.6. The number of nitrogens with zero attached hydrogens (tertiary/aromatic N) is 1. The first-order valence-electron chi connectivity index (χ1n) is 11.6. The summed E-state index contributed by atoms with van der Waals surface area (Å²) in [5.41, 5.74) is 3.41. The molecule has 4 heteroatoms. The van der Waals surface area contributed by atoms with Gasteiger partial charge in [0.05, 0.1) is 17.5 Å². The van der Waals surface area contributed by atoms with Crippen LogP contribution in [-0.2, 0) is 4.74 Å². The van der Waals surface area contributed by atoms with Crippen LogP contribution in [0.3, 0.4) is 0 Å². The lowest BCUT2D eigenvalue weighted by molar-refractivity contribution is -0.126. The molecule has 0 aromatic heterocycles. The van der Waals surface area contributed by atoms with E-state index in [9.17, 15) is 5.11 Å². The fourth-order valence-electron chi connectivity index (χ4n) is 7.27. The normalized spacial score (nSPS) is 44.1. The molecule has 3 nitrogen and oxygen atoms in total. The molecule has 0 saturated carbocycles. The van der Waals surface area contributed by atoms with Crippen LogP contribution in [0.1, 0.15) is 25.3 Å². The van der Waals surface area contributed by atoms with Crippen molar-refractivity contribution >= 4 is 18.7 Å². The van der Waals surface area contributed by atoms with Gasteiger partial charge in [0.1, 0.15) is 5.60 Å². The molecule has 0 radical (unpaired) electrons. The zero-order valence-corrected chi connectivity index (χ0v) is 19.1. The van der Waals surface area contributed by atoms with Crippen molar-refractivity contribution in [1.29, 1.82) is 0 Å². The summed E-state index contributed by atoms with van der Waals surface area (Å²) in [5, 5.41) is 11.1.